The SMILES string of the molecule is CC1(C)C(=O)C=C[C@@]2(C)C1C[CH][C@@]1(C)C3=CC(=O)C(c4ccoc4)C3(C)CCC21. The molecule has 4 aliphatic rings. The van der Waals surface area contributed by atoms with E-state index in [1.165, 1.54) is 5.57 Å². The summed E-state index contributed by atoms with van der Waals surface area (Å²) in [5, 5.41) is 0. The molecule has 0 saturated heterocycles. The summed E-state index contributed by atoms with van der Waals surface area (Å²) in [6.45, 7) is 11.2. The summed E-state index contributed by atoms with van der Waals surface area (Å²) in [5.41, 5.74) is 1.60. The topological polar surface area (TPSA) is 47.3 Å². The number of hydrogen-bond acceptors (Lipinski definition) is 3. The predicted molar refractivity (Wildman–Crippen MR) is 112 cm³/mol. The Morgan fingerprint density at radius 1 is 1.07 bits per heavy atom. The Morgan fingerprint density at radius 3 is 2.52 bits per heavy atom. The number of ketones is 2. The normalized spacial score (nSPS) is 45.4. The average Bonchev–Trinajstić information content (AvgIpc) is 3.24. The molecule has 3 heteroatoms. The van der Waals surface area contributed by atoms with Gasteiger partial charge in [-0.3, -0.25) is 9.59 Å². The summed E-state index contributed by atoms with van der Waals surface area (Å²) >= 11 is 0. The first-order chi connectivity index (χ1) is 13.5. The lowest BCUT2D eigenvalue weighted by Crippen LogP contribution is -2.59. The van der Waals surface area contributed by atoms with E-state index in [0.717, 1.165) is 24.8 Å². The van der Waals surface area contributed by atoms with Crippen LogP contribution in [-0.2, 0) is 9.59 Å². The van der Waals surface area contributed by atoms with Crippen molar-refractivity contribution in [3.05, 3.63) is 54.4 Å². The van der Waals surface area contributed by atoms with Gasteiger partial charge in [-0.15, -0.1) is 0 Å². The summed E-state index contributed by atoms with van der Waals surface area (Å²) in [6, 6.07) is 1.94. The molecule has 0 amide bonds. The lowest BCUT2D eigenvalue weighted by molar-refractivity contribution is -0.135. The summed E-state index contributed by atoms with van der Waals surface area (Å²) < 4.78 is 5.33. The molecule has 1 heterocycles. The molecule has 1 aromatic rings. The zero-order valence-corrected chi connectivity index (χ0v) is 18.1. The van der Waals surface area contributed by atoms with Crippen LogP contribution in [0.25, 0.3) is 0 Å². The first-order valence-corrected chi connectivity index (χ1v) is 10.9. The van der Waals surface area contributed by atoms with Gasteiger partial charge < -0.3 is 4.42 Å². The second-order valence-corrected chi connectivity index (χ2v) is 11.0. The summed E-state index contributed by atoms with van der Waals surface area (Å²) in [5.74, 6) is 1.01. The Bertz CT molecular complexity index is 949. The molecule has 6 atom stereocenters. The molecular weight excluding hydrogens is 360 g/mol. The van der Waals surface area contributed by atoms with Crippen molar-refractivity contribution in [1.82, 2.24) is 0 Å². The van der Waals surface area contributed by atoms with Crippen LogP contribution < -0.4 is 0 Å². The molecule has 153 valence electrons. The Kier molecular flexibility index (Phi) is 3.70. The van der Waals surface area contributed by atoms with Gasteiger partial charge in [0.25, 0.3) is 0 Å². The number of hydrogen-bond donors (Lipinski definition) is 0. The van der Waals surface area contributed by atoms with Crippen molar-refractivity contribution >= 4 is 11.6 Å². The van der Waals surface area contributed by atoms with Crippen LogP contribution in [0.3, 0.4) is 0 Å². The van der Waals surface area contributed by atoms with Crippen LogP contribution in [-0.4, -0.2) is 11.6 Å². The first-order valence-electron chi connectivity index (χ1n) is 10.9. The Labute approximate surface area is 173 Å². The third-order valence-corrected chi connectivity index (χ3v) is 9.34. The molecule has 0 aromatic carbocycles. The van der Waals surface area contributed by atoms with E-state index in [2.05, 4.69) is 47.1 Å². The number of furan rings is 1. The lowest BCUT2D eigenvalue weighted by atomic mass is 9.39. The fourth-order valence-electron chi connectivity index (χ4n) is 7.83. The zero-order valence-electron chi connectivity index (χ0n) is 18.1. The predicted octanol–water partition coefficient (Wildman–Crippen LogP) is 5.69. The van der Waals surface area contributed by atoms with Gasteiger partial charge in [0.15, 0.2) is 11.6 Å². The second-order valence-electron chi connectivity index (χ2n) is 11.0. The second kappa shape index (κ2) is 5.62. The van der Waals surface area contributed by atoms with Crippen LogP contribution in [0.15, 0.2) is 46.8 Å². The van der Waals surface area contributed by atoms with Crippen molar-refractivity contribution in [2.24, 2.45) is 33.5 Å². The standard InChI is InChI=1S/C26H31O3/c1-23(2)18-6-10-25(4)19(24(18,3)12-8-21(23)28)7-11-26(5)20(25)14-17(27)22(26)16-9-13-29-15-16/h8-10,12-15,18-19,22H,6-7,11H2,1-5H3/t18?,19?,22?,24-,25+,26?/m0/s1. The molecule has 3 nitrogen and oxygen atoms in total. The van der Waals surface area contributed by atoms with Gasteiger partial charge in [-0.2, -0.15) is 0 Å². The highest BCUT2D eigenvalue weighted by Gasteiger charge is 2.65. The van der Waals surface area contributed by atoms with E-state index in [9.17, 15) is 9.59 Å². The molecule has 4 unspecified atom stereocenters. The molecule has 29 heavy (non-hydrogen) atoms. The summed E-state index contributed by atoms with van der Waals surface area (Å²) in [7, 11) is 0. The minimum atomic E-state index is -0.346. The van der Waals surface area contributed by atoms with Gasteiger partial charge in [0, 0.05) is 16.4 Å². The Hall–Kier alpha value is -1.90. The molecule has 0 bridgehead atoms. The molecule has 2 saturated carbocycles. The van der Waals surface area contributed by atoms with Crippen molar-refractivity contribution in [2.75, 3.05) is 0 Å². The molecule has 4 aliphatic carbocycles. The number of fused-ring (bicyclic) bond motifs is 5. The molecule has 1 aromatic heterocycles. The minimum absolute atomic E-state index is 0.0418. The molecule has 0 aliphatic heterocycles. The van der Waals surface area contributed by atoms with Gasteiger partial charge in [0.2, 0.25) is 0 Å². The van der Waals surface area contributed by atoms with E-state index >= 15 is 0 Å². The number of rotatable bonds is 1. The maximum atomic E-state index is 13.2. The maximum absolute atomic E-state index is 13.2. The first kappa shape index (κ1) is 19.1. The summed E-state index contributed by atoms with van der Waals surface area (Å²) in [6.07, 6.45) is 14.8. The van der Waals surface area contributed by atoms with Crippen LogP contribution >= 0.6 is 0 Å². The van der Waals surface area contributed by atoms with E-state index < -0.39 is 0 Å². The van der Waals surface area contributed by atoms with E-state index in [1.807, 2.05) is 18.2 Å². The molecule has 1 radical (unpaired) electrons. The Morgan fingerprint density at radius 2 is 1.83 bits per heavy atom. The third kappa shape index (κ3) is 2.20. The molecular formula is C26H31O3. The quantitative estimate of drug-likeness (QED) is 0.618. The molecule has 0 N–H and O–H groups in total. The number of carbonyl (C=O) groups excluding carboxylic acids is 2. The molecule has 0 spiro atoms. The highest BCUT2D eigenvalue weighted by atomic mass is 16.3. The van der Waals surface area contributed by atoms with Crippen molar-refractivity contribution in [3.63, 3.8) is 0 Å². The van der Waals surface area contributed by atoms with Gasteiger partial charge in [-0.25, -0.2) is 0 Å². The Balaban J connectivity index is 1.60. The minimum Gasteiger partial charge on any atom is -0.472 e. The van der Waals surface area contributed by atoms with Crippen LogP contribution in [0.2, 0.25) is 0 Å². The fraction of sp³-hybridized carbons (Fsp3) is 0.577. The van der Waals surface area contributed by atoms with Gasteiger partial charge in [-0.05, 0) is 66.6 Å². The van der Waals surface area contributed by atoms with Crippen LogP contribution in [0.5, 0.6) is 0 Å². The number of carbonyl (C=O) groups is 2. The van der Waals surface area contributed by atoms with Crippen LogP contribution in [0, 0.1) is 39.9 Å². The largest absolute Gasteiger partial charge is 0.472 e. The van der Waals surface area contributed by atoms with Gasteiger partial charge in [0.1, 0.15) is 0 Å². The van der Waals surface area contributed by atoms with Crippen molar-refractivity contribution < 1.29 is 14.0 Å². The van der Waals surface area contributed by atoms with Crippen LogP contribution in [0.4, 0.5) is 0 Å². The third-order valence-electron chi connectivity index (χ3n) is 9.34. The lowest BCUT2D eigenvalue weighted by Gasteiger charge is -2.64. The zero-order chi connectivity index (χ0) is 20.8. The van der Waals surface area contributed by atoms with Gasteiger partial charge in [-0.1, -0.05) is 46.3 Å². The number of allylic oxidation sites excluding steroid dienone is 4. The van der Waals surface area contributed by atoms with E-state index in [4.69, 9.17) is 4.42 Å². The van der Waals surface area contributed by atoms with Crippen molar-refractivity contribution in [1.29, 1.82) is 0 Å². The maximum Gasteiger partial charge on any atom is 0.164 e. The van der Waals surface area contributed by atoms with E-state index in [1.54, 1.807) is 12.5 Å². The highest BCUT2D eigenvalue weighted by molar-refractivity contribution is 6.01. The molecule has 2 fully saturated rings. The average molecular weight is 392 g/mol. The summed E-state index contributed by atoms with van der Waals surface area (Å²) in [4.78, 5) is 25.8. The van der Waals surface area contributed by atoms with Gasteiger partial charge >= 0.3 is 0 Å². The monoisotopic (exact) mass is 391 g/mol. The van der Waals surface area contributed by atoms with Crippen molar-refractivity contribution in [3.8, 4) is 0 Å². The van der Waals surface area contributed by atoms with Crippen LogP contribution in [0.1, 0.15) is 65.4 Å². The van der Waals surface area contributed by atoms with Gasteiger partial charge in [0.05, 0.1) is 18.4 Å². The highest BCUT2D eigenvalue weighted by Crippen LogP contribution is 2.71. The fourth-order valence-corrected chi connectivity index (χ4v) is 7.83. The van der Waals surface area contributed by atoms with E-state index in [0.29, 0.717) is 11.8 Å². The van der Waals surface area contributed by atoms with E-state index in [-0.39, 0.29) is 39.1 Å². The molecule has 5 rings (SSSR count). The smallest absolute Gasteiger partial charge is 0.164 e. The van der Waals surface area contributed by atoms with Crippen molar-refractivity contribution in [2.45, 2.75) is 59.8 Å².